The van der Waals surface area contributed by atoms with E-state index in [9.17, 15) is 9.90 Å². The van der Waals surface area contributed by atoms with Crippen LogP contribution in [0.25, 0.3) is 0 Å². The van der Waals surface area contributed by atoms with E-state index in [1.165, 1.54) is 56.1 Å². The van der Waals surface area contributed by atoms with Crippen LogP contribution in [0.15, 0.2) is 18.2 Å². The van der Waals surface area contributed by atoms with Gasteiger partial charge in [-0.05, 0) is 98.7 Å². The second-order valence-corrected chi connectivity index (χ2v) is 10.3. The number of carbonyl (C=O) groups excluding carboxylic acids is 1. The zero-order valence-corrected chi connectivity index (χ0v) is 19.3. The summed E-state index contributed by atoms with van der Waals surface area (Å²) in [6.45, 7) is 3.13. The van der Waals surface area contributed by atoms with Gasteiger partial charge in [0.2, 0.25) is 0 Å². The van der Waals surface area contributed by atoms with Crippen molar-refractivity contribution >= 4 is 5.91 Å². The maximum Gasteiger partial charge on any atom is 0.257 e. The maximum atomic E-state index is 12.1. The smallest absolute Gasteiger partial charge is 0.257 e. The van der Waals surface area contributed by atoms with E-state index in [1.54, 1.807) is 0 Å². The lowest BCUT2D eigenvalue weighted by Crippen LogP contribution is -2.31. The number of ether oxygens (including phenoxy) is 1. The molecule has 4 rings (SSSR count). The molecule has 4 atom stereocenters. The average molecular weight is 428 g/mol. The van der Waals surface area contributed by atoms with Crippen LogP contribution in [0.1, 0.15) is 82.3 Å². The van der Waals surface area contributed by atoms with Crippen LogP contribution in [0.4, 0.5) is 0 Å². The quantitative estimate of drug-likeness (QED) is 0.459. The highest BCUT2D eigenvalue weighted by molar-refractivity contribution is 5.77. The van der Waals surface area contributed by atoms with Crippen molar-refractivity contribution in [3.8, 4) is 5.75 Å². The molecule has 2 N–H and O–H groups in total. The van der Waals surface area contributed by atoms with Crippen LogP contribution >= 0.6 is 0 Å². The van der Waals surface area contributed by atoms with Crippen molar-refractivity contribution in [1.82, 2.24) is 5.32 Å². The summed E-state index contributed by atoms with van der Waals surface area (Å²) in [7, 11) is 0. The maximum absolute atomic E-state index is 12.1. The molecule has 3 aliphatic rings. The van der Waals surface area contributed by atoms with E-state index in [4.69, 9.17) is 4.74 Å². The molecule has 1 amide bonds. The first-order valence-corrected chi connectivity index (χ1v) is 12.8. The highest BCUT2D eigenvalue weighted by atomic mass is 16.5. The summed E-state index contributed by atoms with van der Waals surface area (Å²) in [6.07, 6.45) is 13.9. The highest BCUT2D eigenvalue weighted by Gasteiger charge is 2.39. The largest absolute Gasteiger partial charge is 0.483 e. The molecule has 0 aromatic heterocycles. The van der Waals surface area contributed by atoms with Gasteiger partial charge in [-0.2, -0.15) is 0 Å². The van der Waals surface area contributed by atoms with E-state index >= 15 is 0 Å². The summed E-state index contributed by atoms with van der Waals surface area (Å²) < 4.78 is 5.97. The van der Waals surface area contributed by atoms with Crippen molar-refractivity contribution in [3.05, 3.63) is 29.3 Å². The average Bonchev–Trinajstić information content (AvgIpc) is 3.53. The molecule has 1 aromatic rings. The van der Waals surface area contributed by atoms with Crippen molar-refractivity contribution < 1.29 is 14.6 Å². The summed E-state index contributed by atoms with van der Waals surface area (Å²) in [5, 5.41) is 13.3. The molecular formula is C27H41NO3. The molecule has 3 aliphatic carbocycles. The van der Waals surface area contributed by atoms with Crippen LogP contribution in [0.2, 0.25) is 0 Å². The van der Waals surface area contributed by atoms with Gasteiger partial charge in [0.25, 0.3) is 5.91 Å². The summed E-state index contributed by atoms with van der Waals surface area (Å²) in [5.41, 5.74) is 2.74. The minimum atomic E-state index is -0.118. The van der Waals surface area contributed by atoms with Crippen molar-refractivity contribution in [3.63, 3.8) is 0 Å². The minimum absolute atomic E-state index is 0.00314. The molecule has 2 fully saturated rings. The molecule has 0 heterocycles. The fourth-order valence-corrected chi connectivity index (χ4v) is 5.83. The number of aliphatic hydroxyl groups is 1. The number of benzene rings is 1. The van der Waals surface area contributed by atoms with Crippen molar-refractivity contribution in [1.29, 1.82) is 0 Å². The van der Waals surface area contributed by atoms with Gasteiger partial charge in [-0.25, -0.2) is 0 Å². The number of aliphatic hydroxyl groups excluding tert-OH is 1. The Kier molecular flexibility index (Phi) is 7.92. The third-order valence-corrected chi connectivity index (χ3v) is 7.93. The molecule has 0 aliphatic heterocycles. The minimum Gasteiger partial charge on any atom is -0.483 e. The van der Waals surface area contributed by atoms with Gasteiger partial charge in [0.15, 0.2) is 6.61 Å². The Labute approximate surface area is 188 Å². The van der Waals surface area contributed by atoms with Gasteiger partial charge in [0, 0.05) is 6.54 Å². The Morgan fingerprint density at radius 1 is 1.16 bits per heavy atom. The lowest BCUT2D eigenvalue weighted by molar-refractivity contribution is -0.123. The van der Waals surface area contributed by atoms with Crippen LogP contribution in [0.3, 0.4) is 0 Å². The number of nitrogens with one attached hydrogen (secondary N) is 1. The van der Waals surface area contributed by atoms with E-state index in [1.807, 2.05) is 6.07 Å². The Balaban J connectivity index is 1.28. The summed E-state index contributed by atoms with van der Waals surface area (Å²) >= 11 is 0. The van der Waals surface area contributed by atoms with E-state index < -0.39 is 0 Å². The third kappa shape index (κ3) is 6.25. The van der Waals surface area contributed by atoms with Gasteiger partial charge in [-0.15, -0.1) is 0 Å². The number of amides is 1. The van der Waals surface area contributed by atoms with Gasteiger partial charge in [-0.3, -0.25) is 4.79 Å². The monoisotopic (exact) mass is 427 g/mol. The topological polar surface area (TPSA) is 58.6 Å². The summed E-state index contributed by atoms with van der Waals surface area (Å²) in [5.74, 6) is 3.81. The fraction of sp³-hybridized carbons (Fsp3) is 0.741. The number of carbonyl (C=O) groups is 1. The Bertz CT molecular complexity index is 729. The molecule has 0 spiro atoms. The first-order chi connectivity index (χ1) is 15.1. The van der Waals surface area contributed by atoms with Gasteiger partial charge in [0.1, 0.15) is 5.75 Å². The van der Waals surface area contributed by atoms with Gasteiger partial charge in [0.05, 0.1) is 6.10 Å². The van der Waals surface area contributed by atoms with Gasteiger partial charge in [-0.1, -0.05) is 38.3 Å². The van der Waals surface area contributed by atoms with E-state index in [0.29, 0.717) is 5.92 Å². The Morgan fingerprint density at radius 2 is 2.03 bits per heavy atom. The second-order valence-electron chi connectivity index (χ2n) is 10.3. The van der Waals surface area contributed by atoms with Gasteiger partial charge < -0.3 is 15.2 Å². The predicted octanol–water partition coefficient (Wildman–Crippen LogP) is 5.05. The van der Waals surface area contributed by atoms with Crippen LogP contribution in [-0.2, 0) is 17.6 Å². The SMILES string of the molecule is CCCCCC(O)CCC1CCC2Cc3c(cccc3OCC(=O)NCC3CC3)CC12. The summed E-state index contributed by atoms with van der Waals surface area (Å²) in [4.78, 5) is 12.1. The number of rotatable bonds is 12. The van der Waals surface area contributed by atoms with E-state index in [0.717, 1.165) is 62.2 Å². The lowest BCUT2D eigenvalue weighted by atomic mass is 9.73. The van der Waals surface area contributed by atoms with E-state index in [-0.39, 0.29) is 18.6 Å². The molecule has 0 radical (unpaired) electrons. The molecule has 2 saturated carbocycles. The van der Waals surface area contributed by atoms with Gasteiger partial charge >= 0.3 is 0 Å². The van der Waals surface area contributed by atoms with Crippen LogP contribution in [-0.4, -0.2) is 30.3 Å². The molecule has 0 saturated heterocycles. The molecule has 1 aromatic carbocycles. The predicted molar refractivity (Wildman–Crippen MR) is 124 cm³/mol. The number of fused-ring (bicyclic) bond motifs is 2. The number of hydrogen-bond donors (Lipinski definition) is 2. The van der Waals surface area contributed by atoms with E-state index in [2.05, 4.69) is 24.4 Å². The zero-order valence-electron chi connectivity index (χ0n) is 19.3. The molecule has 172 valence electrons. The van der Waals surface area contributed by atoms with Crippen molar-refractivity contribution in [2.24, 2.45) is 23.7 Å². The van der Waals surface area contributed by atoms with Crippen LogP contribution < -0.4 is 10.1 Å². The molecule has 4 heteroatoms. The van der Waals surface area contributed by atoms with Crippen molar-refractivity contribution in [2.45, 2.75) is 90.1 Å². The standard InChI is InChI=1S/C27H41NO3/c1-2-3-4-7-23(29)14-13-20-11-12-22-16-25-21(15-24(20)22)6-5-8-26(25)31-18-27(30)28-17-19-9-10-19/h5-6,8,19-20,22-24,29H,2-4,7,9-18H2,1H3,(H,28,30). The zero-order chi connectivity index (χ0) is 21.6. The Morgan fingerprint density at radius 3 is 2.84 bits per heavy atom. The normalized spacial score (nSPS) is 25.5. The Hall–Kier alpha value is -1.55. The number of hydrogen-bond acceptors (Lipinski definition) is 3. The first kappa shape index (κ1) is 22.6. The molecule has 31 heavy (non-hydrogen) atoms. The highest BCUT2D eigenvalue weighted by Crippen LogP contribution is 2.48. The molecule has 4 unspecified atom stereocenters. The fourth-order valence-electron chi connectivity index (χ4n) is 5.83. The molecule has 4 nitrogen and oxygen atoms in total. The van der Waals surface area contributed by atoms with Crippen LogP contribution in [0, 0.1) is 23.7 Å². The summed E-state index contributed by atoms with van der Waals surface area (Å²) in [6, 6.07) is 6.37. The van der Waals surface area contributed by atoms with Crippen molar-refractivity contribution in [2.75, 3.05) is 13.2 Å². The first-order valence-electron chi connectivity index (χ1n) is 12.8. The third-order valence-electron chi connectivity index (χ3n) is 7.93. The number of unbranched alkanes of at least 4 members (excludes halogenated alkanes) is 2. The lowest BCUT2D eigenvalue weighted by Gasteiger charge is -2.32. The molecular weight excluding hydrogens is 386 g/mol. The molecule has 0 bridgehead atoms. The second kappa shape index (κ2) is 10.8. The van der Waals surface area contributed by atoms with Crippen LogP contribution in [0.5, 0.6) is 5.75 Å².